The molecule has 4 rings (SSSR count). The van der Waals surface area contributed by atoms with Crippen molar-refractivity contribution in [2.45, 2.75) is 83.5 Å². The van der Waals surface area contributed by atoms with Gasteiger partial charge in [-0.2, -0.15) is 0 Å². The lowest BCUT2D eigenvalue weighted by atomic mass is 9.47. The molecule has 0 spiro atoms. The van der Waals surface area contributed by atoms with Gasteiger partial charge in [0.25, 0.3) is 0 Å². The maximum Gasteiger partial charge on any atom is 0.309 e. The Morgan fingerprint density at radius 2 is 2.00 bits per heavy atom. The van der Waals surface area contributed by atoms with Crippen LogP contribution in [0.25, 0.3) is 0 Å². The Labute approximate surface area is 184 Å². The zero-order valence-electron chi connectivity index (χ0n) is 18.4. The molecule has 30 heavy (non-hydrogen) atoms. The molecule has 0 bridgehead atoms. The topological polar surface area (TPSA) is 60.4 Å². The summed E-state index contributed by atoms with van der Waals surface area (Å²) in [6.45, 7) is 9.97. The predicted molar refractivity (Wildman–Crippen MR) is 119 cm³/mol. The van der Waals surface area contributed by atoms with Crippen LogP contribution in [-0.2, 0) is 19.1 Å². The molecular formula is C25H34O4S. The summed E-state index contributed by atoms with van der Waals surface area (Å²) in [5.41, 5.74) is 1.30. The predicted octanol–water partition coefficient (Wildman–Crippen LogP) is 5.26. The summed E-state index contributed by atoms with van der Waals surface area (Å²) in [5.74, 6) is 1.42. The minimum absolute atomic E-state index is 0.0321. The van der Waals surface area contributed by atoms with Gasteiger partial charge in [-0.05, 0) is 67.8 Å². The second-order valence-corrected chi connectivity index (χ2v) is 11.7. The van der Waals surface area contributed by atoms with Crippen LogP contribution in [0, 0.1) is 28.6 Å². The highest BCUT2D eigenvalue weighted by Crippen LogP contribution is 2.67. The van der Waals surface area contributed by atoms with Crippen LogP contribution in [0.4, 0.5) is 0 Å². The molecule has 0 N–H and O–H groups in total. The molecule has 164 valence electrons. The Kier molecular flexibility index (Phi) is 5.80. The molecule has 0 aliphatic heterocycles. The molecule has 5 heteroatoms. The Bertz CT molecular complexity index is 801. The molecule has 0 aromatic rings. The maximum absolute atomic E-state index is 12.2. The van der Waals surface area contributed by atoms with Crippen molar-refractivity contribution in [3.05, 3.63) is 24.3 Å². The van der Waals surface area contributed by atoms with Crippen LogP contribution in [0.2, 0.25) is 0 Å². The van der Waals surface area contributed by atoms with Crippen molar-refractivity contribution in [3.8, 4) is 0 Å². The molecule has 0 heterocycles. The normalized spacial score (nSPS) is 42.4. The largest absolute Gasteiger partial charge is 0.462 e. The Balaban J connectivity index is 1.67. The van der Waals surface area contributed by atoms with Crippen LogP contribution < -0.4 is 0 Å². The third-order valence-corrected chi connectivity index (χ3v) is 9.89. The minimum Gasteiger partial charge on any atom is -0.462 e. The van der Waals surface area contributed by atoms with E-state index in [1.807, 2.05) is 6.08 Å². The van der Waals surface area contributed by atoms with Gasteiger partial charge in [0.15, 0.2) is 10.9 Å². The van der Waals surface area contributed by atoms with Crippen LogP contribution in [0.3, 0.4) is 0 Å². The lowest BCUT2D eigenvalue weighted by Crippen LogP contribution is -2.55. The Morgan fingerprint density at radius 3 is 2.70 bits per heavy atom. The van der Waals surface area contributed by atoms with Crippen LogP contribution in [0.15, 0.2) is 24.3 Å². The van der Waals surface area contributed by atoms with Gasteiger partial charge in [-0.3, -0.25) is 14.4 Å². The van der Waals surface area contributed by atoms with Crippen molar-refractivity contribution in [1.29, 1.82) is 0 Å². The van der Waals surface area contributed by atoms with E-state index in [1.165, 1.54) is 17.3 Å². The Hall–Kier alpha value is -1.36. The fourth-order valence-corrected chi connectivity index (χ4v) is 8.53. The first kappa shape index (κ1) is 21.9. The van der Waals surface area contributed by atoms with Gasteiger partial charge in [0.05, 0.1) is 6.42 Å². The van der Waals surface area contributed by atoms with Gasteiger partial charge in [0, 0.05) is 24.0 Å². The first-order chi connectivity index (χ1) is 14.2. The quantitative estimate of drug-likeness (QED) is 0.449. The van der Waals surface area contributed by atoms with Gasteiger partial charge in [-0.1, -0.05) is 37.3 Å². The van der Waals surface area contributed by atoms with E-state index >= 15 is 0 Å². The molecule has 0 aromatic heterocycles. The second kappa shape index (κ2) is 7.96. The third-order valence-electron chi connectivity index (χ3n) is 8.78. The number of ketones is 1. The summed E-state index contributed by atoms with van der Waals surface area (Å²) in [5, 5.41) is 0.370. The fraction of sp³-hybridized carbons (Fsp3) is 0.720. The van der Waals surface area contributed by atoms with E-state index in [4.69, 9.17) is 4.74 Å². The van der Waals surface area contributed by atoms with Crippen molar-refractivity contribution in [1.82, 2.24) is 0 Å². The molecule has 4 aliphatic carbocycles. The number of esters is 1. The van der Waals surface area contributed by atoms with E-state index in [2.05, 4.69) is 20.4 Å². The van der Waals surface area contributed by atoms with Crippen molar-refractivity contribution in [2.75, 3.05) is 0 Å². The van der Waals surface area contributed by atoms with Crippen LogP contribution >= 0.6 is 11.8 Å². The number of thioether (sulfide) groups is 1. The van der Waals surface area contributed by atoms with Crippen LogP contribution in [0.1, 0.15) is 72.1 Å². The number of ether oxygens (including phenoxy) is 1. The summed E-state index contributed by atoms with van der Waals surface area (Å²) in [7, 11) is 0. The standard InChI is InChI=1S/C25H34O4S/c1-5-6-22(28)29-21-8-7-18-23-19(10-12-25(18,21)4)24(3)11-9-17(27)13-16(24)14-20(23)30-15(2)26/h5,13,18-21,23H,1,6-12,14H2,2-4H3/t18-,19-,20+,21-,23-,24-,25-/m0/s1. The smallest absolute Gasteiger partial charge is 0.309 e. The summed E-state index contributed by atoms with van der Waals surface area (Å²) in [6, 6.07) is 0. The number of hydrogen-bond donors (Lipinski definition) is 0. The maximum atomic E-state index is 12.2. The highest BCUT2D eigenvalue weighted by Gasteiger charge is 2.62. The molecule has 0 aromatic carbocycles. The average Bonchev–Trinajstić information content (AvgIpc) is 2.99. The molecule has 4 aliphatic rings. The summed E-state index contributed by atoms with van der Waals surface area (Å²) >= 11 is 1.48. The van der Waals surface area contributed by atoms with E-state index in [-0.39, 0.29) is 45.5 Å². The molecular weight excluding hydrogens is 396 g/mol. The molecule has 3 saturated carbocycles. The number of carbonyl (C=O) groups excluding carboxylic acids is 3. The van der Waals surface area contributed by atoms with Gasteiger partial charge in [0.1, 0.15) is 6.10 Å². The number of hydrogen-bond acceptors (Lipinski definition) is 5. The van der Waals surface area contributed by atoms with E-state index < -0.39 is 0 Å². The first-order valence-corrected chi connectivity index (χ1v) is 12.3. The first-order valence-electron chi connectivity index (χ1n) is 11.4. The highest BCUT2D eigenvalue weighted by atomic mass is 32.2. The van der Waals surface area contributed by atoms with Gasteiger partial charge in [0.2, 0.25) is 0 Å². The van der Waals surface area contributed by atoms with Crippen molar-refractivity contribution >= 4 is 28.6 Å². The van der Waals surface area contributed by atoms with E-state index in [0.29, 0.717) is 24.2 Å². The van der Waals surface area contributed by atoms with Gasteiger partial charge < -0.3 is 4.74 Å². The average molecular weight is 431 g/mol. The van der Waals surface area contributed by atoms with Crippen molar-refractivity contribution in [3.63, 3.8) is 0 Å². The van der Waals surface area contributed by atoms with Gasteiger partial charge >= 0.3 is 5.97 Å². The third kappa shape index (κ3) is 3.51. The van der Waals surface area contributed by atoms with Crippen molar-refractivity contribution < 1.29 is 19.1 Å². The van der Waals surface area contributed by atoms with Crippen LogP contribution in [0.5, 0.6) is 0 Å². The SMILES string of the molecule is C=CCC(=O)O[C@H]1CC[C@H]2[C@@H]3[C@H](SC(C)=O)CC4=CC(=O)CC[C@]4(C)[C@H]3CC[C@]12C. The zero-order valence-corrected chi connectivity index (χ0v) is 19.3. The fourth-order valence-electron chi connectivity index (χ4n) is 7.30. The molecule has 3 fully saturated rings. The summed E-state index contributed by atoms with van der Waals surface area (Å²) in [6.07, 6.45) is 10.2. The number of fused-ring (bicyclic) bond motifs is 5. The zero-order chi connectivity index (χ0) is 21.7. The molecule has 0 radical (unpaired) electrons. The number of allylic oxidation sites excluding steroid dienone is 1. The molecule has 0 saturated heterocycles. The minimum atomic E-state index is -0.180. The van der Waals surface area contributed by atoms with E-state index in [0.717, 1.165) is 38.5 Å². The summed E-state index contributed by atoms with van der Waals surface area (Å²) in [4.78, 5) is 36.5. The molecule has 7 atom stereocenters. The lowest BCUT2D eigenvalue weighted by Gasteiger charge is -2.60. The molecule has 0 amide bonds. The Morgan fingerprint density at radius 1 is 1.23 bits per heavy atom. The highest BCUT2D eigenvalue weighted by molar-refractivity contribution is 8.14. The molecule has 0 unspecified atom stereocenters. The van der Waals surface area contributed by atoms with Gasteiger partial charge in [-0.15, -0.1) is 6.58 Å². The van der Waals surface area contributed by atoms with E-state index in [1.54, 1.807) is 13.0 Å². The van der Waals surface area contributed by atoms with E-state index in [9.17, 15) is 14.4 Å². The summed E-state index contributed by atoms with van der Waals surface area (Å²) < 4.78 is 5.93. The number of rotatable bonds is 4. The van der Waals surface area contributed by atoms with Crippen LogP contribution in [-0.4, -0.2) is 28.2 Å². The van der Waals surface area contributed by atoms with Crippen molar-refractivity contribution in [2.24, 2.45) is 28.6 Å². The monoisotopic (exact) mass is 430 g/mol. The van der Waals surface area contributed by atoms with Gasteiger partial charge in [-0.25, -0.2) is 0 Å². The molecule has 4 nitrogen and oxygen atoms in total. The second-order valence-electron chi connectivity index (χ2n) is 10.3. The number of carbonyl (C=O) groups is 3. The lowest BCUT2D eigenvalue weighted by molar-refractivity contribution is -0.158.